The Morgan fingerprint density at radius 1 is 1.13 bits per heavy atom. The minimum atomic E-state index is -1.54. The number of halogens is 3. The van der Waals surface area contributed by atoms with Crippen molar-refractivity contribution in [1.29, 1.82) is 0 Å². The van der Waals surface area contributed by atoms with E-state index in [-0.39, 0.29) is 17.8 Å². The number of nitrogens with zero attached hydrogens (tertiary/aromatic N) is 2. The monoisotopic (exact) mass is 319 g/mol. The third kappa shape index (κ3) is 2.90. The molecule has 3 rings (SSSR count). The van der Waals surface area contributed by atoms with Gasteiger partial charge in [-0.25, -0.2) is 18.2 Å². The Labute approximate surface area is 129 Å². The van der Waals surface area contributed by atoms with E-state index in [9.17, 15) is 18.0 Å². The summed E-state index contributed by atoms with van der Waals surface area (Å²) in [7, 11) is 0. The molecular formula is C16H12F3N3O. The van der Waals surface area contributed by atoms with Crippen molar-refractivity contribution in [2.45, 2.75) is 13.5 Å². The summed E-state index contributed by atoms with van der Waals surface area (Å²) in [6.07, 6.45) is 1.66. The predicted molar refractivity (Wildman–Crippen MR) is 79.8 cm³/mol. The molecule has 3 aromatic rings. The lowest BCUT2D eigenvalue weighted by Gasteiger charge is -2.09. The van der Waals surface area contributed by atoms with Crippen LogP contribution in [0.1, 0.15) is 11.3 Å². The van der Waals surface area contributed by atoms with Crippen molar-refractivity contribution in [2.24, 2.45) is 0 Å². The van der Waals surface area contributed by atoms with Gasteiger partial charge in [0.05, 0.1) is 17.9 Å². The van der Waals surface area contributed by atoms with E-state index in [1.807, 2.05) is 13.0 Å². The fraction of sp³-hybridized carbons (Fsp3) is 0.125. The van der Waals surface area contributed by atoms with Crippen LogP contribution >= 0.6 is 0 Å². The molecule has 0 radical (unpaired) electrons. The molecule has 2 aromatic heterocycles. The summed E-state index contributed by atoms with van der Waals surface area (Å²) in [5, 5.41) is 2.61. The lowest BCUT2D eigenvalue weighted by Crippen LogP contribution is -2.17. The van der Waals surface area contributed by atoms with Gasteiger partial charge in [0, 0.05) is 12.3 Å². The van der Waals surface area contributed by atoms with Crippen molar-refractivity contribution in [3.63, 3.8) is 0 Å². The third-order valence-electron chi connectivity index (χ3n) is 3.36. The summed E-state index contributed by atoms with van der Waals surface area (Å²) >= 11 is 0. The summed E-state index contributed by atoms with van der Waals surface area (Å²) in [6, 6.07) is 6.72. The van der Waals surface area contributed by atoms with Crippen LogP contribution < -0.4 is 10.9 Å². The molecule has 118 valence electrons. The number of fused-ring (bicyclic) bond motifs is 1. The van der Waals surface area contributed by atoms with Gasteiger partial charge in [0.2, 0.25) is 0 Å². The third-order valence-corrected chi connectivity index (χ3v) is 3.36. The van der Waals surface area contributed by atoms with Crippen LogP contribution in [0.4, 0.5) is 18.9 Å². The molecule has 1 aromatic carbocycles. The van der Waals surface area contributed by atoms with Gasteiger partial charge in [-0.2, -0.15) is 0 Å². The van der Waals surface area contributed by atoms with Crippen LogP contribution in [0.3, 0.4) is 0 Å². The maximum atomic E-state index is 13.6. The lowest BCUT2D eigenvalue weighted by molar-refractivity contribution is 0.449. The van der Waals surface area contributed by atoms with Gasteiger partial charge in [-0.05, 0) is 30.7 Å². The van der Waals surface area contributed by atoms with Gasteiger partial charge >= 0.3 is 0 Å². The van der Waals surface area contributed by atoms with Crippen molar-refractivity contribution in [3.05, 3.63) is 75.6 Å². The lowest BCUT2D eigenvalue weighted by atomic mass is 10.2. The van der Waals surface area contributed by atoms with E-state index >= 15 is 0 Å². The van der Waals surface area contributed by atoms with E-state index in [1.165, 1.54) is 10.5 Å². The molecule has 0 saturated heterocycles. The molecule has 0 spiro atoms. The number of rotatable bonds is 3. The van der Waals surface area contributed by atoms with Crippen LogP contribution in [0.15, 0.2) is 41.3 Å². The molecule has 0 aliphatic rings. The maximum absolute atomic E-state index is 13.6. The fourth-order valence-corrected chi connectivity index (χ4v) is 2.20. The number of nitrogens with one attached hydrogen (secondary N) is 1. The first kappa shape index (κ1) is 15.1. The molecule has 0 atom stereocenters. The first-order valence-corrected chi connectivity index (χ1v) is 6.82. The minimum Gasteiger partial charge on any atom is -0.377 e. The summed E-state index contributed by atoms with van der Waals surface area (Å²) in [6.45, 7) is 1.86. The molecule has 0 aliphatic carbocycles. The Morgan fingerprint density at radius 2 is 1.91 bits per heavy atom. The van der Waals surface area contributed by atoms with Gasteiger partial charge < -0.3 is 5.32 Å². The molecule has 4 nitrogen and oxygen atoms in total. The molecule has 0 saturated carbocycles. The molecule has 0 unspecified atom stereocenters. The summed E-state index contributed by atoms with van der Waals surface area (Å²) in [4.78, 5) is 16.3. The van der Waals surface area contributed by atoms with Crippen LogP contribution in [0, 0.1) is 24.4 Å². The van der Waals surface area contributed by atoms with Gasteiger partial charge in [-0.3, -0.25) is 9.20 Å². The van der Waals surface area contributed by atoms with E-state index in [1.54, 1.807) is 12.3 Å². The van der Waals surface area contributed by atoms with Gasteiger partial charge in [0.25, 0.3) is 5.56 Å². The van der Waals surface area contributed by atoms with E-state index in [4.69, 9.17) is 0 Å². The zero-order chi connectivity index (χ0) is 16.6. The standard InChI is InChI=1S/C16H12F3N3O/c1-9-2-5-13-21-10(6-14(23)22(13)8-9)7-20-12-4-3-11(17)15(18)16(12)19/h2-6,8,20H,7H2,1H3. The Bertz CT molecular complexity index is 953. The SMILES string of the molecule is Cc1ccc2nc(CNc3ccc(F)c(F)c3F)cc(=O)n2c1. The van der Waals surface area contributed by atoms with Gasteiger partial charge in [0.1, 0.15) is 5.65 Å². The van der Waals surface area contributed by atoms with E-state index in [0.29, 0.717) is 11.3 Å². The summed E-state index contributed by atoms with van der Waals surface area (Å²) in [5.41, 5.74) is 1.25. The van der Waals surface area contributed by atoms with Crippen molar-refractivity contribution in [3.8, 4) is 0 Å². The Balaban J connectivity index is 1.89. The van der Waals surface area contributed by atoms with E-state index < -0.39 is 17.5 Å². The number of aryl methyl sites for hydroxylation is 1. The number of pyridine rings is 1. The second kappa shape index (κ2) is 5.75. The predicted octanol–water partition coefficient (Wildman–Crippen LogP) is 3.03. The number of hydrogen-bond donors (Lipinski definition) is 1. The molecule has 0 bridgehead atoms. The summed E-state index contributed by atoms with van der Waals surface area (Å²) in [5.74, 6) is -4.11. The normalized spacial score (nSPS) is 11.0. The first-order valence-electron chi connectivity index (χ1n) is 6.82. The molecule has 23 heavy (non-hydrogen) atoms. The quantitative estimate of drug-likeness (QED) is 0.755. The van der Waals surface area contributed by atoms with Crippen molar-refractivity contribution in [2.75, 3.05) is 5.32 Å². The fourth-order valence-electron chi connectivity index (χ4n) is 2.20. The van der Waals surface area contributed by atoms with Crippen molar-refractivity contribution < 1.29 is 13.2 Å². The van der Waals surface area contributed by atoms with Crippen LogP contribution in [-0.4, -0.2) is 9.38 Å². The Morgan fingerprint density at radius 3 is 2.70 bits per heavy atom. The highest BCUT2D eigenvalue weighted by atomic mass is 19.2. The maximum Gasteiger partial charge on any atom is 0.258 e. The number of anilines is 1. The average molecular weight is 319 g/mol. The molecular weight excluding hydrogens is 307 g/mol. The van der Waals surface area contributed by atoms with Crippen LogP contribution in [-0.2, 0) is 6.54 Å². The molecule has 0 fully saturated rings. The molecule has 1 N–H and O–H groups in total. The Hall–Kier alpha value is -2.83. The highest BCUT2D eigenvalue weighted by Gasteiger charge is 2.13. The van der Waals surface area contributed by atoms with E-state index in [0.717, 1.165) is 17.7 Å². The van der Waals surface area contributed by atoms with Gasteiger partial charge in [-0.15, -0.1) is 0 Å². The highest BCUT2D eigenvalue weighted by Crippen LogP contribution is 2.20. The van der Waals surface area contributed by atoms with Crippen LogP contribution in [0.5, 0.6) is 0 Å². The van der Waals surface area contributed by atoms with Crippen molar-refractivity contribution >= 4 is 11.3 Å². The van der Waals surface area contributed by atoms with E-state index in [2.05, 4.69) is 10.3 Å². The second-order valence-electron chi connectivity index (χ2n) is 5.10. The van der Waals surface area contributed by atoms with Gasteiger partial charge in [-0.1, -0.05) is 6.07 Å². The zero-order valence-electron chi connectivity index (χ0n) is 12.1. The van der Waals surface area contributed by atoms with Gasteiger partial charge in [0.15, 0.2) is 17.5 Å². The number of benzene rings is 1. The zero-order valence-corrected chi connectivity index (χ0v) is 12.1. The van der Waals surface area contributed by atoms with Crippen molar-refractivity contribution in [1.82, 2.24) is 9.38 Å². The Kier molecular flexibility index (Phi) is 3.77. The molecule has 7 heteroatoms. The molecule has 0 amide bonds. The smallest absolute Gasteiger partial charge is 0.258 e. The number of aromatic nitrogens is 2. The molecule has 2 heterocycles. The second-order valence-corrected chi connectivity index (χ2v) is 5.10. The van der Waals surface area contributed by atoms with Crippen LogP contribution in [0.2, 0.25) is 0 Å². The first-order chi connectivity index (χ1) is 11.0. The topological polar surface area (TPSA) is 46.4 Å². The number of hydrogen-bond acceptors (Lipinski definition) is 3. The summed E-state index contributed by atoms with van der Waals surface area (Å²) < 4.78 is 41.0. The largest absolute Gasteiger partial charge is 0.377 e. The molecule has 0 aliphatic heterocycles. The highest BCUT2D eigenvalue weighted by molar-refractivity contribution is 5.46. The van der Waals surface area contributed by atoms with Crippen LogP contribution in [0.25, 0.3) is 5.65 Å². The minimum absolute atomic E-state index is 0.00160. The average Bonchev–Trinajstić information content (AvgIpc) is 2.53.